The molecule has 3 aromatic rings. The Hall–Kier alpha value is -3.00. The molecule has 28 heavy (non-hydrogen) atoms. The van der Waals surface area contributed by atoms with E-state index >= 15 is 0 Å². The van der Waals surface area contributed by atoms with Crippen molar-refractivity contribution in [2.45, 2.75) is 20.4 Å². The first kappa shape index (κ1) is 19.8. The molecule has 0 saturated carbocycles. The zero-order chi connectivity index (χ0) is 20.3. The van der Waals surface area contributed by atoms with Crippen molar-refractivity contribution in [3.63, 3.8) is 0 Å². The van der Waals surface area contributed by atoms with E-state index in [4.69, 9.17) is 0 Å². The normalized spacial score (nSPS) is 10.7. The van der Waals surface area contributed by atoms with E-state index in [0.717, 1.165) is 10.0 Å². The van der Waals surface area contributed by atoms with Crippen molar-refractivity contribution in [3.05, 3.63) is 68.7 Å². The van der Waals surface area contributed by atoms with Crippen LogP contribution in [-0.2, 0) is 16.1 Å². The third-order valence-corrected chi connectivity index (χ3v) is 5.13. The predicted molar refractivity (Wildman–Crippen MR) is 111 cm³/mol. The maximum atomic E-state index is 12.6. The highest BCUT2D eigenvalue weighted by atomic mass is 79.9. The molecule has 3 rings (SSSR count). The summed E-state index contributed by atoms with van der Waals surface area (Å²) in [5.74, 6) is -0.353. The first-order valence-corrected chi connectivity index (χ1v) is 9.43. The van der Waals surface area contributed by atoms with Gasteiger partial charge in [-0.3, -0.25) is 19.0 Å². The minimum absolute atomic E-state index is 0.192. The van der Waals surface area contributed by atoms with E-state index in [1.165, 1.54) is 4.57 Å². The SMILES string of the molecule is Cc1cc(NC(=O)CNC(=O)Cn2c(C)nc3ccccc3c2=O)ccc1Br. The van der Waals surface area contributed by atoms with Crippen LogP contribution in [0.5, 0.6) is 0 Å². The van der Waals surface area contributed by atoms with E-state index in [2.05, 4.69) is 31.5 Å². The molecule has 0 aliphatic carbocycles. The van der Waals surface area contributed by atoms with Gasteiger partial charge in [0, 0.05) is 10.2 Å². The Labute approximate surface area is 169 Å². The average molecular weight is 443 g/mol. The molecule has 0 aliphatic rings. The van der Waals surface area contributed by atoms with Crippen LogP contribution in [0.3, 0.4) is 0 Å². The van der Waals surface area contributed by atoms with Gasteiger partial charge in [-0.1, -0.05) is 28.1 Å². The summed E-state index contributed by atoms with van der Waals surface area (Å²) >= 11 is 3.40. The largest absolute Gasteiger partial charge is 0.345 e. The molecule has 0 saturated heterocycles. The van der Waals surface area contributed by atoms with Crippen LogP contribution in [0, 0.1) is 13.8 Å². The lowest BCUT2D eigenvalue weighted by atomic mass is 10.2. The van der Waals surface area contributed by atoms with Gasteiger partial charge >= 0.3 is 0 Å². The van der Waals surface area contributed by atoms with Crippen molar-refractivity contribution in [2.75, 3.05) is 11.9 Å². The molecule has 2 aromatic carbocycles. The number of carbonyl (C=O) groups is 2. The fourth-order valence-electron chi connectivity index (χ4n) is 2.77. The van der Waals surface area contributed by atoms with E-state index in [9.17, 15) is 14.4 Å². The van der Waals surface area contributed by atoms with Crippen molar-refractivity contribution >= 4 is 44.3 Å². The molecule has 0 radical (unpaired) electrons. The molecule has 2 amide bonds. The van der Waals surface area contributed by atoms with Crippen molar-refractivity contribution < 1.29 is 9.59 Å². The van der Waals surface area contributed by atoms with Gasteiger partial charge < -0.3 is 10.6 Å². The first-order chi connectivity index (χ1) is 13.3. The Bertz CT molecular complexity index is 1120. The Morgan fingerprint density at radius 3 is 2.61 bits per heavy atom. The lowest BCUT2D eigenvalue weighted by Crippen LogP contribution is -2.37. The zero-order valence-corrected chi connectivity index (χ0v) is 17.0. The summed E-state index contributed by atoms with van der Waals surface area (Å²) in [4.78, 5) is 41.2. The summed E-state index contributed by atoms with van der Waals surface area (Å²) in [6, 6.07) is 12.4. The molecule has 144 valence electrons. The summed E-state index contributed by atoms with van der Waals surface area (Å²) in [6.45, 7) is 3.19. The second kappa shape index (κ2) is 8.35. The monoisotopic (exact) mass is 442 g/mol. The molecule has 1 heterocycles. The lowest BCUT2D eigenvalue weighted by molar-refractivity contribution is -0.124. The standard InChI is InChI=1S/C20H19BrN4O3/c1-12-9-14(7-8-16(12)21)24-18(26)10-22-19(27)11-25-13(2)23-17-6-4-3-5-15(17)20(25)28/h3-9H,10-11H2,1-2H3,(H,22,27)(H,24,26). The Kier molecular flexibility index (Phi) is 5.89. The third-order valence-electron chi connectivity index (χ3n) is 4.24. The van der Waals surface area contributed by atoms with Crippen molar-refractivity contribution in [1.29, 1.82) is 0 Å². The highest BCUT2D eigenvalue weighted by Crippen LogP contribution is 2.19. The molecule has 0 fully saturated rings. The van der Waals surface area contributed by atoms with Gasteiger partial charge in [0.25, 0.3) is 5.56 Å². The minimum atomic E-state index is -0.440. The van der Waals surface area contributed by atoms with Crippen LogP contribution in [-0.4, -0.2) is 27.9 Å². The topological polar surface area (TPSA) is 93.1 Å². The van der Waals surface area contributed by atoms with Gasteiger partial charge in [-0.05, 0) is 49.7 Å². The number of amides is 2. The van der Waals surface area contributed by atoms with Crippen LogP contribution in [0.2, 0.25) is 0 Å². The molecule has 1 aromatic heterocycles. The number of aryl methyl sites for hydroxylation is 2. The third kappa shape index (κ3) is 4.45. The number of benzene rings is 2. The van der Waals surface area contributed by atoms with E-state index < -0.39 is 5.91 Å². The summed E-state index contributed by atoms with van der Waals surface area (Å²) in [7, 11) is 0. The summed E-state index contributed by atoms with van der Waals surface area (Å²) in [6.07, 6.45) is 0. The van der Waals surface area contributed by atoms with Crippen LogP contribution in [0.1, 0.15) is 11.4 Å². The molecule has 0 atom stereocenters. The van der Waals surface area contributed by atoms with Gasteiger partial charge in [0.1, 0.15) is 12.4 Å². The number of rotatable bonds is 5. The number of carbonyl (C=O) groups excluding carboxylic acids is 2. The number of hydrogen-bond donors (Lipinski definition) is 2. The van der Waals surface area contributed by atoms with E-state index in [-0.39, 0.29) is 24.6 Å². The maximum absolute atomic E-state index is 12.6. The zero-order valence-electron chi connectivity index (χ0n) is 15.5. The molecule has 0 aliphatic heterocycles. The van der Waals surface area contributed by atoms with Crippen molar-refractivity contribution in [3.8, 4) is 0 Å². The number of halogens is 1. The highest BCUT2D eigenvalue weighted by molar-refractivity contribution is 9.10. The molecule has 0 spiro atoms. The fourth-order valence-corrected chi connectivity index (χ4v) is 3.02. The average Bonchev–Trinajstić information content (AvgIpc) is 2.66. The van der Waals surface area contributed by atoms with Crippen LogP contribution in [0.4, 0.5) is 5.69 Å². The number of fused-ring (bicyclic) bond motifs is 1. The molecular formula is C20H19BrN4O3. The second-order valence-electron chi connectivity index (χ2n) is 6.36. The number of para-hydroxylation sites is 1. The second-order valence-corrected chi connectivity index (χ2v) is 7.21. The number of anilines is 1. The van der Waals surface area contributed by atoms with Gasteiger partial charge in [0.05, 0.1) is 17.4 Å². The summed E-state index contributed by atoms with van der Waals surface area (Å²) in [5.41, 5.74) is 1.94. The van der Waals surface area contributed by atoms with Crippen LogP contribution in [0.15, 0.2) is 51.7 Å². The van der Waals surface area contributed by atoms with Crippen LogP contribution in [0.25, 0.3) is 10.9 Å². The smallest absolute Gasteiger partial charge is 0.261 e. The quantitative estimate of drug-likeness (QED) is 0.634. The maximum Gasteiger partial charge on any atom is 0.261 e. The lowest BCUT2D eigenvalue weighted by Gasteiger charge is -2.11. The molecule has 7 nitrogen and oxygen atoms in total. The van der Waals surface area contributed by atoms with Gasteiger partial charge in [-0.25, -0.2) is 4.98 Å². The minimum Gasteiger partial charge on any atom is -0.345 e. The van der Waals surface area contributed by atoms with E-state index in [1.54, 1.807) is 37.3 Å². The van der Waals surface area contributed by atoms with Gasteiger partial charge in [-0.2, -0.15) is 0 Å². The molecule has 2 N–H and O–H groups in total. The summed E-state index contributed by atoms with van der Waals surface area (Å²) in [5, 5.41) is 5.70. The molecule has 8 heteroatoms. The predicted octanol–water partition coefficient (Wildman–Crippen LogP) is 2.53. The number of nitrogens with one attached hydrogen (secondary N) is 2. The van der Waals surface area contributed by atoms with Gasteiger partial charge in [-0.15, -0.1) is 0 Å². The van der Waals surface area contributed by atoms with Gasteiger partial charge in [0.15, 0.2) is 0 Å². The van der Waals surface area contributed by atoms with Crippen LogP contribution >= 0.6 is 15.9 Å². The number of nitrogens with zero attached hydrogens (tertiary/aromatic N) is 2. The number of hydrogen-bond acceptors (Lipinski definition) is 4. The Morgan fingerprint density at radius 2 is 1.86 bits per heavy atom. The Morgan fingerprint density at radius 1 is 1.11 bits per heavy atom. The molecular weight excluding hydrogens is 424 g/mol. The van der Waals surface area contributed by atoms with Gasteiger partial charge in [0.2, 0.25) is 11.8 Å². The first-order valence-electron chi connectivity index (χ1n) is 8.64. The fraction of sp³-hybridized carbons (Fsp3) is 0.200. The Balaban J connectivity index is 1.63. The van der Waals surface area contributed by atoms with E-state index in [0.29, 0.717) is 22.4 Å². The van der Waals surface area contributed by atoms with Crippen molar-refractivity contribution in [2.24, 2.45) is 0 Å². The van der Waals surface area contributed by atoms with E-state index in [1.807, 2.05) is 19.1 Å². The highest BCUT2D eigenvalue weighted by Gasteiger charge is 2.12. The summed E-state index contributed by atoms with van der Waals surface area (Å²) < 4.78 is 2.25. The number of aromatic nitrogens is 2. The molecule has 0 bridgehead atoms. The molecule has 0 unspecified atom stereocenters. The van der Waals surface area contributed by atoms with Crippen LogP contribution < -0.4 is 16.2 Å². The van der Waals surface area contributed by atoms with Crippen molar-refractivity contribution in [1.82, 2.24) is 14.9 Å².